The van der Waals surface area contributed by atoms with Crippen molar-refractivity contribution >= 4 is 57.1 Å². The number of hydrogen-bond donors (Lipinski definition) is 6. The Balaban J connectivity index is 2.12. The Labute approximate surface area is 247 Å². The van der Waals surface area contributed by atoms with Crippen LogP contribution in [0.25, 0.3) is 0 Å². The standard InChI is InChI=1S/C26H41N5O6S3/c1-15(2)22(29-11-18(27)13-39-40-14-19(28)25(34)35)24(33)31-12-17-7-5-4-6-16(17)10-21(31)23(32)30-20(26(36)37)8-9-38-3/h4-7,15,18-22,29H,8-14,27-28H2,1-3H3,(H,30,32)(H,34,35)(H,36,37)/t18-,19-,20+,21+,22+/m1/s1. The normalized spacial score (nSPS) is 17.9. The Morgan fingerprint density at radius 1 is 1.05 bits per heavy atom. The molecule has 0 aromatic heterocycles. The molecule has 1 aliphatic rings. The zero-order valence-electron chi connectivity index (χ0n) is 23.1. The van der Waals surface area contributed by atoms with Crippen LogP contribution in [0.3, 0.4) is 0 Å². The van der Waals surface area contributed by atoms with Crippen LogP contribution in [0.15, 0.2) is 24.3 Å². The predicted molar refractivity (Wildman–Crippen MR) is 162 cm³/mol. The van der Waals surface area contributed by atoms with E-state index in [0.717, 1.165) is 11.1 Å². The summed E-state index contributed by atoms with van der Waals surface area (Å²) in [5, 5.41) is 24.4. The summed E-state index contributed by atoms with van der Waals surface area (Å²) in [7, 11) is 2.76. The van der Waals surface area contributed by atoms with Crippen molar-refractivity contribution in [1.29, 1.82) is 0 Å². The summed E-state index contributed by atoms with van der Waals surface area (Å²) >= 11 is 1.50. The molecule has 8 N–H and O–H groups in total. The maximum absolute atomic E-state index is 13.9. The molecular formula is C26H41N5O6S3. The van der Waals surface area contributed by atoms with Crippen molar-refractivity contribution in [2.75, 3.05) is 30.1 Å². The Kier molecular flexibility index (Phi) is 14.6. The highest BCUT2D eigenvalue weighted by Gasteiger charge is 2.39. The highest BCUT2D eigenvalue weighted by Crippen LogP contribution is 2.26. The molecular weight excluding hydrogens is 575 g/mol. The van der Waals surface area contributed by atoms with E-state index in [9.17, 15) is 24.3 Å². The summed E-state index contributed by atoms with van der Waals surface area (Å²) in [4.78, 5) is 51.5. The maximum atomic E-state index is 13.9. The zero-order valence-corrected chi connectivity index (χ0v) is 25.5. The number of fused-ring (bicyclic) bond motifs is 1. The second-order valence-corrected chi connectivity index (χ2v) is 13.6. The van der Waals surface area contributed by atoms with Crippen LogP contribution >= 0.6 is 33.3 Å². The van der Waals surface area contributed by atoms with Crippen LogP contribution in [0.5, 0.6) is 0 Å². The molecule has 2 rings (SSSR count). The quantitative estimate of drug-likeness (QED) is 0.108. The van der Waals surface area contributed by atoms with Crippen molar-refractivity contribution in [3.63, 3.8) is 0 Å². The first-order valence-corrected chi connectivity index (χ1v) is 17.0. The number of carbonyl (C=O) groups is 4. The Morgan fingerprint density at radius 3 is 2.30 bits per heavy atom. The third kappa shape index (κ3) is 10.5. The number of nitrogens with two attached hydrogens (primary N) is 2. The van der Waals surface area contributed by atoms with Gasteiger partial charge in [-0.25, -0.2) is 4.79 Å². The van der Waals surface area contributed by atoms with E-state index in [-0.39, 0.29) is 36.6 Å². The van der Waals surface area contributed by atoms with E-state index in [1.165, 1.54) is 33.3 Å². The smallest absolute Gasteiger partial charge is 0.326 e. The Hall–Kier alpha value is -1.97. The minimum atomic E-state index is -1.10. The van der Waals surface area contributed by atoms with Crippen LogP contribution in [0.2, 0.25) is 0 Å². The minimum absolute atomic E-state index is 0.107. The van der Waals surface area contributed by atoms with E-state index in [1.807, 2.05) is 44.4 Å². The molecule has 1 aliphatic heterocycles. The van der Waals surface area contributed by atoms with Crippen molar-refractivity contribution in [3.05, 3.63) is 35.4 Å². The summed E-state index contributed by atoms with van der Waals surface area (Å²) in [6.07, 6.45) is 2.45. The molecule has 0 bridgehead atoms. The Morgan fingerprint density at radius 2 is 1.70 bits per heavy atom. The fourth-order valence-electron chi connectivity index (χ4n) is 4.20. The molecule has 2 amide bonds. The fourth-order valence-corrected chi connectivity index (χ4v) is 6.99. The number of carboxylic acids is 2. The molecule has 0 saturated heterocycles. The zero-order chi connectivity index (χ0) is 29.8. The van der Waals surface area contributed by atoms with E-state index >= 15 is 0 Å². The lowest BCUT2D eigenvalue weighted by atomic mass is 9.91. The van der Waals surface area contributed by atoms with Gasteiger partial charge in [0.15, 0.2) is 0 Å². The van der Waals surface area contributed by atoms with Gasteiger partial charge in [-0.3, -0.25) is 14.4 Å². The van der Waals surface area contributed by atoms with Gasteiger partial charge >= 0.3 is 11.9 Å². The molecule has 0 unspecified atom stereocenters. The number of aliphatic carboxylic acids is 2. The van der Waals surface area contributed by atoms with E-state index in [4.69, 9.17) is 16.6 Å². The van der Waals surface area contributed by atoms with Gasteiger partial charge in [0.05, 0.1) is 6.04 Å². The molecule has 224 valence electrons. The Bertz CT molecular complexity index is 1020. The van der Waals surface area contributed by atoms with E-state index in [0.29, 0.717) is 24.5 Å². The van der Waals surface area contributed by atoms with Gasteiger partial charge in [-0.05, 0) is 35.5 Å². The lowest BCUT2D eigenvalue weighted by molar-refractivity contribution is -0.146. The molecule has 0 spiro atoms. The molecule has 40 heavy (non-hydrogen) atoms. The van der Waals surface area contributed by atoms with Gasteiger partial charge in [-0.15, -0.1) is 0 Å². The van der Waals surface area contributed by atoms with Crippen molar-refractivity contribution in [2.24, 2.45) is 17.4 Å². The SMILES string of the molecule is CSCC[C@H](NC(=O)[C@@H]1Cc2ccccc2CN1C(=O)[C@@H](NC[C@@H](N)CSSC[C@@H](N)C(=O)O)C(C)C)C(=O)O. The van der Waals surface area contributed by atoms with Crippen molar-refractivity contribution in [2.45, 2.75) is 63.4 Å². The number of rotatable bonds is 17. The van der Waals surface area contributed by atoms with Crippen molar-refractivity contribution < 1.29 is 29.4 Å². The molecule has 0 aliphatic carbocycles. The maximum Gasteiger partial charge on any atom is 0.326 e. The van der Waals surface area contributed by atoms with Gasteiger partial charge in [-0.2, -0.15) is 11.8 Å². The monoisotopic (exact) mass is 615 g/mol. The van der Waals surface area contributed by atoms with Gasteiger partial charge in [0, 0.05) is 37.1 Å². The number of hydrogen-bond acceptors (Lipinski definition) is 10. The first kappa shape index (κ1) is 34.2. The highest BCUT2D eigenvalue weighted by molar-refractivity contribution is 8.76. The number of benzene rings is 1. The predicted octanol–water partition coefficient (Wildman–Crippen LogP) is 0.997. The van der Waals surface area contributed by atoms with Crippen molar-refractivity contribution in [3.8, 4) is 0 Å². The number of carbonyl (C=O) groups excluding carboxylic acids is 2. The number of amides is 2. The average molecular weight is 616 g/mol. The van der Waals surface area contributed by atoms with Gasteiger partial charge in [0.1, 0.15) is 18.1 Å². The van der Waals surface area contributed by atoms with Gasteiger partial charge in [-0.1, -0.05) is 59.7 Å². The van der Waals surface area contributed by atoms with Gasteiger partial charge in [0.2, 0.25) is 11.8 Å². The molecule has 0 saturated carbocycles. The first-order valence-electron chi connectivity index (χ1n) is 13.1. The summed E-state index contributed by atoms with van der Waals surface area (Å²) in [5.41, 5.74) is 13.7. The topological polar surface area (TPSA) is 188 Å². The summed E-state index contributed by atoms with van der Waals surface area (Å²) in [5.74, 6) is -1.63. The second-order valence-electron chi connectivity index (χ2n) is 10.0. The van der Waals surface area contributed by atoms with Crippen LogP contribution in [0.1, 0.15) is 31.4 Å². The van der Waals surface area contributed by atoms with E-state index in [1.54, 1.807) is 4.90 Å². The lowest BCUT2D eigenvalue weighted by Crippen LogP contribution is -2.60. The molecule has 1 heterocycles. The lowest BCUT2D eigenvalue weighted by Gasteiger charge is -2.39. The molecule has 5 atom stereocenters. The van der Waals surface area contributed by atoms with Gasteiger partial charge in [0.25, 0.3) is 0 Å². The molecule has 14 heteroatoms. The molecule has 11 nitrogen and oxygen atoms in total. The van der Waals surface area contributed by atoms with Crippen LogP contribution < -0.4 is 22.1 Å². The van der Waals surface area contributed by atoms with Crippen LogP contribution in [0.4, 0.5) is 0 Å². The number of carboxylic acid groups (broad SMARTS) is 2. The third-order valence-corrected chi connectivity index (χ3v) is 9.71. The van der Waals surface area contributed by atoms with Gasteiger partial charge < -0.3 is 37.2 Å². The number of nitrogens with zero attached hydrogens (tertiary/aromatic N) is 1. The second kappa shape index (κ2) is 17.1. The molecule has 0 fully saturated rings. The van der Waals surface area contributed by atoms with Crippen LogP contribution in [-0.2, 0) is 32.1 Å². The van der Waals surface area contributed by atoms with Crippen LogP contribution in [-0.4, -0.2) is 99.1 Å². The third-order valence-electron chi connectivity index (χ3n) is 6.52. The first-order chi connectivity index (χ1) is 19.0. The minimum Gasteiger partial charge on any atom is -0.480 e. The molecule has 1 aromatic carbocycles. The van der Waals surface area contributed by atoms with Crippen molar-refractivity contribution in [1.82, 2.24) is 15.5 Å². The summed E-state index contributed by atoms with van der Waals surface area (Å²) in [6.45, 7) is 4.40. The average Bonchev–Trinajstić information content (AvgIpc) is 2.91. The van der Waals surface area contributed by atoms with Crippen LogP contribution in [0, 0.1) is 5.92 Å². The highest BCUT2D eigenvalue weighted by atomic mass is 33.1. The van der Waals surface area contributed by atoms with E-state index in [2.05, 4.69) is 10.6 Å². The number of nitrogens with one attached hydrogen (secondary N) is 2. The summed E-state index contributed by atoms with van der Waals surface area (Å²) in [6, 6.07) is 3.89. The largest absolute Gasteiger partial charge is 0.480 e. The number of thioether (sulfide) groups is 1. The molecule has 0 radical (unpaired) electrons. The van der Waals surface area contributed by atoms with E-state index < -0.39 is 42.0 Å². The summed E-state index contributed by atoms with van der Waals surface area (Å²) < 4.78 is 0. The fraction of sp³-hybridized carbons (Fsp3) is 0.615. The molecule has 1 aromatic rings.